The molecule has 3 heterocycles. The van der Waals surface area contributed by atoms with E-state index in [1.807, 2.05) is 31.4 Å². The number of benzene rings is 1. The summed E-state index contributed by atoms with van der Waals surface area (Å²) in [5, 5.41) is 7.61. The van der Waals surface area contributed by atoms with Crippen LogP contribution in [-0.4, -0.2) is 41.9 Å². The fourth-order valence-corrected chi connectivity index (χ4v) is 2.85. The normalized spacial score (nSPS) is 22.5. The summed E-state index contributed by atoms with van der Waals surface area (Å²) in [6, 6.07) is 6.04. The van der Waals surface area contributed by atoms with Crippen molar-refractivity contribution in [2.24, 2.45) is 7.05 Å². The van der Waals surface area contributed by atoms with Gasteiger partial charge in [0.15, 0.2) is 17.2 Å². The van der Waals surface area contributed by atoms with Gasteiger partial charge in [-0.25, -0.2) is 0 Å². The van der Waals surface area contributed by atoms with E-state index in [1.165, 1.54) is 0 Å². The predicted octanol–water partition coefficient (Wildman–Crippen LogP) is 1.08. The number of nitrogens with zero attached hydrogens (tertiary/aromatic N) is 2. The van der Waals surface area contributed by atoms with Crippen molar-refractivity contribution in [3.05, 3.63) is 36.2 Å². The fraction of sp³-hybridized carbons (Fsp3) is 0.438. The maximum absolute atomic E-state index is 5.96. The molecule has 2 aliphatic rings. The van der Waals surface area contributed by atoms with Crippen LogP contribution in [0.25, 0.3) is 0 Å². The van der Waals surface area contributed by atoms with Crippen LogP contribution < -0.4 is 19.5 Å². The average Bonchev–Trinajstić information content (AvgIpc) is 3.27. The molecule has 122 valence electrons. The summed E-state index contributed by atoms with van der Waals surface area (Å²) in [6.45, 7) is 2.15. The molecular formula is C16H19N3O4. The molecular weight excluding hydrogens is 298 g/mol. The molecule has 23 heavy (non-hydrogen) atoms. The first-order chi connectivity index (χ1) is 11.3. The Morgan fingerprint density at radius 1 is 1.35 bits per heavy atom. The Morgan fingerprint density at radius 3 is 3.17 bits per heavy atom. The van der Waals surface area contributed by atoms with Crippen LogP contribution in [0.1, 0.15) is 5.56 Å². The molecule has 2 atom stereocenters. The van der Waals surface area contributed by atoms with Gasteiger partial charge in [0.25, 0.3) is 0 Å². The Balaban J connectivity index is 1.39. The molecule has 7 nitrogen and oxygen atoms in total. The van der Waals surface area contributed by atoms with E-state index < -0.39 is 0 Å². The number of nitrogens with one attached hydrogen (secondary N) is 1. The smallest absolute Gasteiger partial charge is 0.231 e. The molecule has 0 spiro atoms. The lowest BCUT2D eigenvalue weighted by atomic mass is 10.1. The molecule has 1 aromatic carbocycles. The number of aromatic nitrogens is 2. The SMILES string of the molecule is Cn1cc(O[C@@H]2COC[C@@H]2NCc2cccc3c2OCO3)cn1. The summed E-state index contributed by atoms with van der Waals surface area (Å²) in [6.07, 6.45) is 3.53. The van der Waals surface area contributed by atoms with Gasteiger partial charge in [0, 0.05) is 19.2 Å². The number of rotatable bonds is 5. The van der Waals surface area contributed by atoms with Crippen molar-refractivity contribution >= 4 is 0 Å². The molecule has 0 amide bonds. The van der Waals surface area contributed by atoms with Crippen molar-refractivity contribution < 1.29 is 18.9 Å². The molecule has 1 saturated heterocycles. The van der Waals surface area contributed by atoms with Crippen molar-refractivity contribution in [3.8, 4) is 17.2 Å². The highest BCUT2D eigenvalue weighted by Gasteiger charge is 2.30. The summed E-state index contributed by atoms with van der Waals surface area (Å²) < 4.78 is 24.2. The highest BCUT2D eigenvalue weighted by molar-refractivity contribution is 5.48. The third-order valence-electron chi connectivity index (χ3n) is 4.03. The summed E-state index contributed by atoms with van der Waals surface area (Å²) in [4.78, 5) is 0. The van der Waals surface area contributed by atoms with Crippen LogP contribution in [0.5, 0.6) is 17.2 Å². The predicted molar refractivity (Wildman–Crippen MR) is 81.6 cm³/mol. The summed E-state index contributed by atoms with van der Waals surface area (Å²) in [5.41, 5.74) is 1.08. The maximum Gasteiger partial charge on any atom is 0.231 e. The van der Waals surface area contributed by atoms with Gasteiger partial charge in [-0.1, -0.05) is 12.1 Å². The molecule has 7 heteroatoms. The second-order valence-corrected chi connectivity index (χ2v) is 5.68. The highest BCUT2D eigenvalue weighted by atomic mass is 16.7. The van der Waals surface area contributed by atoms with Crippen LogP contribution in [0.15, 0.2) is 30.6 Å². The van der Waals surface area contributed by atoms with Gasteiger partial charge in [0.2, 0.25) is 6.79 Å². The Labute approximate surface area is 134 Å². The molecule has 0 bridgehead atoms. The Bertz CT molecular complexity index is 688. The number of hydrogen-bond donors (Lipinski definition) is 1. The monoisotopic (exact) mass is 317 g/mol. The number of hydrogen-bond acceptors (Lipinski definition) is 6. The second kappa shape index (κ2) is 6.10. The first-order valence-corrected chi connectivity index (χ1v) is 7.63. The minimum atomic E-state index is -0.0341. The van der Waals surface area contributed by atoms with Crippen LogP contribution in [0.3, 0.4) is 0 Å². The minimum Gasteiger partial charge on any atom is -0.483 e. The van der Waals surface area contributed by atoms with Crippen molar-refractivity contribution in [3.63, 3.8) is 0 Å². The van der Waals surface area contributed by atoms with Gasteiger partial charge >= 0.3 is 0 Å². The first-order valence-electron chi connectivity index (χ1n) is 7.63. The van der Waals surface area contributed by atoms with Crippen molar-refractivity contribution in [2.75, 3.05) is 20.0 Å². The van der Waals surface area contributed by atoms with E-state index in [1.54, 1.807) is 10.9 Å². The van der Waals surface area contributed by atoms with Gasteiger partial charge in [0.1, 0.15) is 6.10 Å². The quantitative estimate of drug-likeness (QED) is 0.890. The Kier molecular flexibility index (Phi) is 3.80. The zero-order chi connectivity index (χ0) is 15.6. The molecule has 2 aliphatic heterocycles. The summed E-state index contributed by atoms with van der Waals surface area (Å²) >= 11 is 0. The van der Waals surface area contributed by atoms with Crippen molar-refractivity contribution in [1.82, 2.24) is 15.1 Å². The maximum atomic E-state index is 5.96. The zero-order valence-corrected chi connectivity index (χ0v) is 12.9. The van der Waals surface area contributed by atoms with E-state index in [0.717, 1.165) is 22.8 Å². The Morgan fingerprint density at radius 2 is 2.30 bits per heavy atom. The van der Waals surface area contributed by atoms with Gasteiger partial charge in [-0.2, -0.15) is 5.10 Å². The van der Waals surface area contributed by atoms with E-state index >= 15 is 0 Å². The Hall–Kier alpha value is -2.25. The van der Waals surface area contributed by atoms with Gasteiger partial charge in [-0.15, -0.1) is 0 Å². The van der Waals surface area contributed by atoms with Crippen LogP contribution in [-0.2, 0) is 18.3 Å². The average molecular weight is 317 g/mol. The highest BCUT2D eigenvalue weighted by Crippen LogP contribution is 2.35. The summed E-state index contributed by atoms with van der Waals surface area (Å²) in [5.74, 6) is 2.38. The second-order valence-electron chi connectivity index (χ2n) is 5.68. The van der Waals surface area contributed by atoms with E-state index in [4.69, 9.17) is 18.9 Å². The van der Waals surface area contributed by atoms with Crippen LogP contribution in [0.4, 0.5) is 0 Å². The van der Waals surface area contributed by atoms with E-state index in [-0.39, 0.29) is 18.9 Å². The number of ether oxygens (including phenoxy) is 4. The largest absolute Gasteiger partial charge is 0.483 e. The zero-order valence-electron chi connectivity index (χ0n) is 12.9. The van der Waals surface area contributed by atoms with Gasteiger partial charge in [-0.05, 0) is 6.07 Å². The molecule has 1 aromatic heterocycles. The van der Waals surface area contributed by atoms with Crippen molar-refractivity contribution in [2.45, 2.75) is 18.7 Å². The van der Waals surface area contributed by atoms with E-state index in [0.29, 0.717) is 19.8 Å². The molecule has 4 rings (SSSR count). The lowest BCUT2D eigenvalue weighted by Gasteiger charge is -2.20. The lowest BCUT2D eigenvalue weighted by Crippen LogP contribution is -2.41. The molecule has 0 unspecified atom stereocenters. The third kappa shape index (κ3) is 2.97. The van der Waals surface area contributed by atoms with Crippen LogP contribution in [0, 0.1) is 0 Å². The number of aryl methyl sites for hydroxylation is 1. The standard InChI is InChI=1S/C16H19N3O4/c1-19-7-12(6-18-19)23-15-9-20-8-13(15)17-5-11-3-2-4-14-16(11)22-10-21-14/h2-4,6-7,13,15,17H,5,8-10H2,1H3/t13-,15+/m0/s1. The minimum absolute atomic E-state index is 0.0341. The molecule has 0 radical (unpaired) electrons. The molecule has 0 saturated carbocycles. The molecule has 1 fully saturated rings. The van der Waals surface area contributed by atoms with Gasteiger partial charge in [0.05, 0.1) is 31.6 Å². The van der Waals surface area contributed by atoms with E-state index in [2.05, 4.69) is 10.4 Å². The number of para-hydroxylation sites is 1. The fourth-order valence-electron chi connectivity index (χ4n) is 2.85. The van der Waals surface area contributed by atoms with Crippen molar-refractivity contribution in [1.29, 1.82) is 0 Å². The van der Waals surface area contributed by atoms with Crippen LogP contribution >= 0.6 is 0 Å². The topological polar surface area (TPSA) is 66.8 Å². The molecule has 2 aromatic rings. The lowest BCUT2D eigenvalue weighted by molar-refractivity contribution is 0.139. The van der Waals surface area contributed by atoms with Gasteiger partial charge < -0.3 is 24.3 Å². The molecule has 0 aliphatic carbocycles. The van der Waals surface area contributed by atoms with Gasteiger partial charge in [-0.3, -0.25) is 4.68 Å². The van der Waals surface area contributed by atoms with E-state index in [9.17, 15) is 0 Å². The first kappa shape index (κ1) is 14.3. The molecule has 1 N–H and O–H groups in total. The third-order valence-corrected chi connectivity index (χ3v) is 4.03. The number of fused-ring (bicyclic) bond motifs is 1. The summed E-state index contributed by atoms with van der Waals surface area (Å²) in [7, 11) is 1.87. The van der Waals surface area contributed by atoms with Crippen LogP contribution in [0.2, 0.25) is 0 Å².